The quantitative estimate of drug-likeness (QED) is 0.148. The third-order valence-electron chi connectivity index (χ3n) is 6.16. The third kappa shape index (κ3) is 7.82. The van der Waals surface area contributed by atoms with Crippen LogP contribution < -0.4 is 14.8 Å². The van der Waals surface area contributed by atoms with E-state index in [2.05, 4.69) is 5.32 Å². The van der Waals surface area contributed by atoms with Crippen LogP contribution in [0.3, 0.4) is 0 Å². The summed E-state index contributed by atoms with van der Waals surface area (Å²) >= 11 is 0. The van der Waals surface area contributed by atoms with Crippen LogP contribution in [0.15, 0.2) is 48.5 Å². The van der Waals surface area contributed by atoms with E-state index in [0.29, 0.717) is 11.1 Å². The minimum Gasteiger partial charge on any atom is -0.457 e. The molecule has 0 aliphatic carbocycles. The van der Waals surface area contributed by atoms with Crippen molar-refractivity contribution in [3.8, 4) is 11.5 Å². The normalized spacial score (nSPS) is 24.0. The molecule has 0 aromatic heterocycles. The fourth-order valence-electron chi connectivity index (χ4n) is 4.23. The number of aliphatic hydroxyl groups is 5. The molecule has 2 aromatic carbocycles. The summed E-state index contributed by atoms with van der Waals surface area (Å²) in [5.41, 5.74) is 0.817. The van der Waals surface area contributed by atoms with Crippen molar-refractivity contribution in [1.82, 2.24) is 5.32 Å². The monoisotopic (exact) mass is 563 g/mol. The maximum absolute atomic E-state index is 12.9. The zero-order valence-corrected chi connectivity index (χ0v) is 21.9. The van der Waals surface area contributed by atoms with Crippen LogP contribution in [0, 0.1) is 0 Å². The summed E-state index contributed by atoms with van der Waals surface area (Å²) in [5.74, 6) is -4.81. The van der Waals surface area contributed by atoms with Crippen molar-refractivity contribution in [2.24, 2.45) is 0 Å². The van der Waals surface area contributed by atoms with E-state index in [1.165, 1.54) is 26.0 Å². The van der Waals surface area contributed by atoms with E-state index in [1.807, 2.05) is 0 Å². The highest BCUT2D eigenvalue weighted by Crippen LogP contribution is 2.32. The van der Waals surface area contributed by atoms with Crippen molar-refractivity contribution in [3.63, 3.8) is 0 Å². The van der Waals surface area contributed by atoms with Gasteiger partial charge in [-0.1, -0.05) is 36.4 Å². The second-order valence-electron chi connectivity index (χ2n) is 9.26. The Balaban J connectivity index is 1.78. The lowest BCUT2D eigenvalue weighted by atomic mass is 9.88. The Morgan fingerprint density at radius 2 is 1.55 bits per heavy atom. The first-order chi connectivity index (χ1) is 18.9. The van der Waals surface area contributed by atoms with Gasteiger partial charge in [-0.15, -0.1) is 0 Å². The Kier molecular flexibility index (Phi) is 10.7. The summed E-state index contributed by atoms with van der Waals surface area (Å²) in [5, 5.41) is 55.1. The number of carbonyl (C=O) groups excluding carboxylic acids is 3. The van der Waals surface area contributed by atoms with Gasteiger partial charge in [-0.05, 0) is 12.1 Å². The highest BCUT2D eigenvalue weighted by atomic mass is 16.7. The molecule has 6 N–H and O–H groups in total. The van der Waals surface area contributed by atoms with Crippen molar-refractivity contribution in [3.05, 3.63) is 59.7 Å². The molecule has 1 saturated heterocycles. The van der Waals surface area contributed by atoms with Crippen LogP contribution in [0.1, 0.15) is 31.4 Å². The van der Waals surface area contributed by atoms with Gasteiger partial charge in [0.1, 0.15) is 36.4 Å². The molecule has 13 heteroatoms. The van der Waals surface area contributed by atoms with E-state index >= 15 is 0 Å². The van der Waals surface area contributed by atoms with Crippen LogP contribution in [0.4, 0.5) is 0 Å². The average molecular weight is 564 g/mol. The fraction of sp³-hybridized carbons (Fsp3) is 0.444. The Morgan fingerprint density at radius 3 is 2.12 bits per heavy atom. The summed E-state index contributed by atoms with van der Waals surface area (Å²) in [7, 11) is 0. The molecule has 0 saturated carbocycles. The first-order valence-electron chi connectivity index (χ1n) is 12.4. The number of nitrogens with one attached hydrogen (secondary N) is 1. The number of ether oxygens (including phenoxy) is 4. The van der Waals surface area contributed by atoms with Gasteiger partial charge in [0.2, 0.25) is 0 Å². The van der Waals surface area contributed by atoms with Gasteiger partial charge in [-0.2, -0.15) is 0 Å². The molecule has 218 valence electrons. The summed E-state index contributed by atoms with van der Waals surface area (Å²) in [6.07, 6.45) is -7.42. The SMILES string of the molecule is CC(=O)Oc1ccccc1CN[C@H]1[C@H]([C@H](O)[C@H](O)CO)OC(O)(C(=O)OCc2ccccc2OC(C)=O)C[C@@H]1O. The number of benzene rings is 2. The number of hydrogen-bond acceptors (Lipinski definition) is 13. The second kappa shape index (κ2) is 13.8. The van der Waals surface area contributed by atoms with Crippen LogP contribution in [-0.4, -0.2) is 86.3 Å². The highest BCUT2D eigenvalue weighted by Gasteiger charge is 2.54. The van der Waals surface area contributed by atoms with E-state index in [9.17, 15) is 39.9 Å². The van der Waals surface area contributed by atoms with Crippen molar-refractivity contribution in [2.45, 2.75) is 69.7 Å². The number of para-hydroxylation sites is 2. The lowest BCUT2D eigenvalue weighted by Crippen LogP contribution is -2.66. The number of rotatable bonds is 11. The molecule has 0 spiro atoms. The van der Waals surface area contributed by atoms with E-state index < -0.39 is 73.8 Å². The Labute approximate surface area is 229 Å². The first-order valence-corrected chi connectivity index (χ1v) is 12.4. The summed E-state index contributed by atoms with van der Waals surface area (Å²) in [6.45, 7) is 1.12. The predicted molar refractivity (Wildman–Crippen MR) is 135 cm³/mol. The molecule has 0 bridgehead atoms. The zero-order valence-electron chi connectivity index (χ0n) is 21.9. The molecule has 1 fully saturated rings. The minimum absolute atomic E-state index is 0.0111. The Hall–Kier alpha value is -3.43. The van der Waals surface area contributed by atoms with Gasteiger partial charge >= 0.3 is 17.9 Å². The number of aliphatic hydroxyl groups excluding tert-OH is 4. The van der Waals surface area contributed by atoms with E-state index in [4.69, 9.17) is 18.9 Å². The third-order valence-corrected chi connectivity index (χ3v) is 6.16. The van der Waals surface area contributed by atoms with E-state index in [-0.39, 0.29) is 18.0 Å². The maximum atomic E-state index is 12.9. The molecule has 1 heterocycles. The van der Waals surface area contributed by atoms with Gasteiger partial charge in [0.15, 0.2) is 0 Å². The lowest BCUT2D eigenvalue weighted by molar-refractivity contribution is -0.298. The minimum atomic E-state index is -2.75. The van der Waals surface area contributed by atoms with Crippen LogP contribution in [-0.2, 0) is 37.0 Å². The molecule has 40 heavy (non-hydrogen) atoms. The summed E-state index contributed by atoms with van der Waals surface area (Å²) in [6, 6.07) is 11.6. The fourth-order valence-corrected chi connectivity index (χ4v) is 4.23. The van der Waals surface area contributed by atoms with Crippen LogP contribution in [0.25, 0.3) is 0 Å². The zero-order chi connectivity index (χ0) is 29.4. The molecule has 2 aromatic rings. The molecule has 13 nitrogen and oxygen atoms in total. The molecule has 1 unspecified atom stereocenters. The van der Waals surface area contributed by atoms with Gasteiger partial charge in [0.05, 0.1) is 18.8 Å². The topological polar surface area (TPSA) is 201 Å². The maximum Gasteiger partial charge on any atom is 0.367 e. The van der Waals surface area contributed by atoms with Crippen molar-refractivity contribution < 1.29 is 58.9 Å². The molecule has 6 atom stereocenters. The van der Waals surface area contributed by atoms with Crippen molar-refractivity contribution in [2.75, 3.05) is 6.61 Å². The lowest BCUT2D eigenvalue weighted by Gasteiger charge is -2.45. The van der Waals surface area contributed by atoms with Gasteiger partial charge in [0, 0.05) is 37.9 Å². The van der Waals surface area contributed by atoms with E-state index in [1.54, 1.807) is 36.4 Å². The Bertz CT molecular complexity index is 1190. The van der Waals surface area contributed by atoms with Gasteiger partial charge < -0.3 is 49.8 Å². The molecule has 3 rings (SSSR count). The highest BCUT2D eigenvalue weighted by molar-refractivity contribution is 5.78. The second-order valence-corrected chi connectivity index (χ2v) is 9.26. The molecule has 0 amide bonds. The molecular weight excluding hydrogens is 530 g/mol. The van der Waals surface area contributed by atoms with Gasteiger partial charge in [-0.25, -0.2) is 4.79 Å². The largest absolute Gasteiger partial charge is 0.457 e. The molecular formula is C27H33NO12. The number of carbonyl (C=O) groups is 3. The average Bonchev–Trinajstić information content (AvgIpc) is 2.90. The van der Waals surface area contributed by atoms with Crippen LogP contribution in [0.2, 0.25) is 0 Å². The summed E-state index contributed by atoms with van der Waals surface area (Å²) < 4.78 is 21.0. The van der Waals surface area contributed by atoms with Gasteiger partial charge in [0.25, 0.3) is 5.79 Å². The van der Waals surface area contributed by atoms with Crippen LogP contribution >= 0.6 is 0 Å². The molecule has 0 radical (unpaired) electrons. The van der Waals surface area contributed by atoms with Crippen molar-refractivity contribution in [1.29, 1.82) is 0 Å². The first kappa shape index (κ1) is 31.1. The Morgan fingerprint density at radius 1 is 1.00 bits per heavy atom. The van der Waals surface area contributed by atoms with Gasteiger partial charge in [-0.3, -0.25) is 9.59 Å². The predicted octanol–water partition coefficient (Wildman–Crippen LogP) is -0.709. The van der Waals surface area contributed by atoms with E-state index in [0.717, 1.165) is 0 Å². The standard InChI is InChI=1S/C27H33NO12/c1-15(30)38-21-9-5-3-7-17(21)12-28-23-19(32)11-27(36,40-25(23)24(34)20(33)13-29)26(35)37-14-18-8-4-6-10-22(18)39-16(2)31/h3-10,19-20,23-25,28-29,32-34,36H,11-14H2,1-2H3/t19-,20+,23+,24+,25+,27?/m0/s1. The summed E-state index contributed by atoms with van der Waals surface area (Å²) in [4.78, 5) is 35.7. The number of hydrogen-bond donors (Lipinski definition) is 6. The van der Waals surface area contributed by atoms with Crippen LogP contribution in [0.5, 0.6) is 11.5 Å². The smallest absolute Gasteiger partial charge is 0.367 e. The number of esters is 3. The molecule has 1 aliphatic heterocycles. The van der Waals surface area contributed by atoms with Crippen molar-refractivity contribution >= 4 is 17.9 Å². The molecule has 1 aliphatic rings.